The predicted molar refractivity (Wildman–Crippen MR) is 66.8 cm³/mol. The van der Waals surface area contributed by atoms with Gasteiger partial charge in [-0.15, -0.1) is 0 Å². The van der Waals surface area contributed by atoms with E-state index in [9.17, 15) is 9.59 Å². The third-order valence-corrected chi connectivity index (χ3v) is 2.88. The van der Waals surface area contributed by atoms with Crippen molar-refractivity contribution in [1.82, 2.24) is 4.90 Å². The van der Waals surface area contributed by atoms with Gasteiger partial charge in [-0.3, -0.25) is 9.59 Å². The van der Waals surface area contributed by atoms with E-state index in [1.54, 1.807) is 11.2 Å². The first-order chi connectivity index (χ1) is 8.56. The number of nitrogens with zero attached hydrogens (tertiary/aromatic N) is 1. The van der Waals surface area contributed by atoms with Gasteiger partial charge < -0.3 is 14.4 Å². The molecule has 0 bridgehead atoms. The SMILES string of the molecule is COC(=O)CCN(C(=O)C1=COCCC1)C(C)C. The topological polar surface area (TPSA) is 55.8 Å². The molecule has 0 aromatic rings. The van der Waals surface area contributed by atoms with Crippen LogP contribution in [0.25, 0.3) is 0 Å². The average Bonchev–Trinajstić information content (AvgIpc) is 2.39. The van der Waals surface area contributed by atoms with Gasteiger partial charge in [-0.25, -0.2) is 0 Å². The molecule has 0 saturated carbocycles. The van der Waals surface area contributed by atoms with Crippen LogP contribution in [0.3, 0.4) is 0 Å². The van der Waals surface area contributed by atoms with Crippen molar-refractivity contribution in [2.45, 2.75) is 39.2 Å². The van der Waals surface area contributed by atoms with E-state index in [0.717, 1.165) is 12.8 Å². The number of carbonyl (C=O) groups excluding carboxylic acids is 2. The zero-order chi connectivity index (χ0) is 13.5. The van der Waals surface area contributed by atoms with E-state index in [2.05, 4.69) is 4.74 Å². The lowest BCUT2D eigenvalue weighted by Gasteiger charge is -2.28. The lowest BCUT2D eigenvalue weighted by molar-refractivity contribution is -0.141. The van der Waals surface area contributed by atoms with Gasteiger partial charge in [0.25, 0.3) is 5.91 Å². The number of hydrogen-bond donors (Lipinski definition) is 0. The van der Waals surface area contributed by atoms with E-state index in [0.29, 0.717) is 18.7 Å². The highest BCUT2D eigenvalue weighted by Gasteiger charge is 2.23. The number of esters is 1. The highest BCUT2D eigenvalue weighted by Crippen LogP contribution is 2.16. The molecule has 0 unspecified atom stereocenters. The average molecular weight is 255 g/mol. The van der Waals surface area contributed by atoms with Crippen molar-refractivity contribution in [3.05, 3.63) is 11.8 Å². The summed E-state index contributed by atoms with van der Waals surface area (Å²) in [5.41, 5.74) is 0.680. The summed E-state index contributed by atoms with van der Waals surface area (Å²) in [7, 11) is 1.35. The number of ether oxygens (including phenoxy) is 2. The van der Waals surface area contributed by atoms with E-state index >= 15 is 0 Å². The van der Waals surface area contributed by atoms with Gasteiger partial charge in [-0.1, -0.05) is 0 Å². The maximum atomic E-state index is 12.3. The van der Waals surface area contributed by atoms with Gasteiger partial charge in [0.2, 0.25) is 0 Å². The Labute approximate surface area is 108 Å². The number of hydrogen-bond acceptors (Lipinski definition) is 4. The Morgan fingerprint density at radius 2 is 2.22 bits per heavy atom. The fraction of sp³-hybridized carbons (Fsp3) is 0.692. The van der Waals surface area contributed by atoms with Gasteiger partial charge in [-0.05, 0) is 26.7 Å². The van der Waals surface area contributed by atoms with Gasteiger partial charge in [0, 0.05) is 12.6 Å². The molecule has 0 aromatic heterocycles. The van der Waals surface area contributed by atoms with Crippen molar-refractivity contribution in [3.63, 3.8) is 0 Å². The van der Waals surface area contributed by atoms with Gasteiger partial charge in [0.15, 0.2) is 0 Å². The summed E-state index contributed by atoms with van der Waals surface area (Å²) in [6.07, 6.45) is 3.36. The monoisotopic (exact) mass is 255 g/mol. The third-order valence-electron chi connectivity index (χ3n) is 2.88. The first-order valence-corrected chi connectivity index (χ1v) is 6.24. The van der Waals surface area contributed by atoms with Crippen LogP contribution in [0.2, 0.25) is 0 Å². The van der Waals surface area contributed by atoms with Crippen LogP contribution in [-0.2, 0) is 19.1 Å². The Hall–Kier alpha value is -1.52. The predicted octanol–water partition coefficient (Wildman–Crippen LogP) is 1.48. The second-order valence-corrected chi connectivity index (χ2v) is 4.54. The molecule has 18 heavy (non-hydrogen) atoms. The van der Waals surface area contributed by atoms with Crippen molar-refractivity contribution < 1.29 is 19.1 Å². The summed E-state index contributed by atoms with van der Waals surface area (Å²) in [5, 5.41) is 0. The molecule has 1 heterocycles. The molecule has 5 heteroatoms. The van der Waals surface area contributed by atoms with E-state index in [1.807, 2.05) is 13.8 Å². The van der Waals surface area contributed by atoms with Crippen molar-refractivity contribution in [2.24, 2.45) is 0 Å². The highest BCUT2D eigenvalue weighted by atomic mass is 16.5. The van der Waals surface area contributed by atoms with E-state index < -0.39 is 0 Å². The molecule has 0 fully saturated rings. The Morgan fingerprint density at radius 3 is 2.72 bits per heavy atom. The van der Waals surface area contributed by atoms with Gasteiger partial charge in [0.1, 0.15) is 0 Å². The molecule has 5 nitrogen and oxygen atoms in total. The van der Waals surface area contributed by atoms with Crippen LogP contribution < -0.4 is 0 Å². The Morgan fingerprint density at radius 1 is 1.50 bits per heavy atom. The second kappa shape index (κ2) is 7.03. The summed E-state index contributed by atoms with van der Waals surface area (Å²) in [6, 6.07) is 0.0463. The van der Waals surface area contributed by atoms with Crippen LogP contribution in [-0.4, -0.2) is 43.1 Å². The van der Waals surface area contributed by atoms with E-state index in [4.69, 9.17) is 4.74 Å². The first-order valence-electron chi connectivity index (χ1n) is 6.24. The molecule has 1 aliphatic heterocycles. The van der Waals surface area contributed by atoms with Crippen LogP contribution in [0, 0.1) is 0 Å². The normalized spacial score (nSPS) is 14.8. The van der Waals surface area contributed by atoms with Gasteiger partial charge >= 0.3 is 5.97 Å². The Kier molecular flexibility index (Phi) is 5.68. The molecule has 0 N–H and O–H groups in total. The zero-order valence-electron chi connectivity index (χ0n) is 11.3. The van der Waals surface area contributed by atoms with Crippen LogP contribution in [0.5, 0.6) is 0 Å². The molecule has 0 radical (unpaired) electrons. The number of methoxy groups -OCH3 is 1. The standard InChI is InChI=1S/C13H21NO4/c1-10(2)14(7-6-12(15)17-3)13(16)11-5-4-8-18-9-11/h9-10H,4-8H2,1-3H3. The number of rotatable bonds is 5. The van der Waals surface area contributed by atoms with Gasteiger partial charge in [0.05, 0.1) is 32.0 Å². The quantitative estimate of drug-likeness (QED) is 0.698. The molecule has 0 atom stereocenters. The minimum Gasteiger partial charge on any atom is -0.501 e. The molecular weight excluding hydrogens is 234 g/mol. The molecule has 0 spiro atoms. The minimum absolute atomic E-state index is 0.0463. The van der Waals surface area contributed by atoms with Crippen molar-refractivity contribution in [2.75, 3.05) is 20.3 Å². The molecule has 1 amide bonds. The van der Waals surface area contributed by atoms with Crippen LogP contribution in [0.15, 0.2) is 11.8 Å². The van der Waals surface area contributed by atoms with E-state index in [-0.39, 0.29) is 24.3 Å². The largest absolute Gasteiger partial charge is 0.501 e. The number of amides is 1. The summed E-state index contributed by atoms with van der Waals surface area (Å²) in [6.45, 7) is 4.90. The van der Waals surface area contributed by atoms with Crippen LogP contribution in [0.4, 0.5) is 0 Å². The molecule has 1 rings (SSSR count). The van der Waals surface area contributed by atoms with Crippen molar-refractivity contribution in [3.8, 4) is 0 Å². The molecule has 0 saturated heterocycles. The van der Waals surface area contributed by atoms with Gasteiger partial charge in [-0.2, -0.15) is 0 Å². The molecular formula is C13H21NO4. The summed E-state index contributed by atoms with van der Waals surface area (Å²) in [4.78, 5) is 25.1. The van der Waals surface area contributed by atoms with Crippen LogP contribution in [0.1, 0.15) is 33.1 Å². The van der Waals surface area contributed by atoms with Crippen LogP contribution >= 0.6 is 0 Å². The fourth-order valence-corrected chi connectivity index (χ4v) is 1.81. The molecule has 1 aliphatic rings. The maximum absolute atomic E-state index is 12.3. The summed E-state index contributed by atoms with van der Waals surface area (Å²) in [5.74, 6) is -0.351. The number of carbonyl (C=O) groups is 2. The maximum Gasteiger partial charge on any atom is 0.307 e. The highest BCUT2D eigenvalue weighted by molar-refractivity contribution is 5.93. The minimum atomic E-state index is -0.303. The second-order valence-electron chi connectivity index (χ2n) is 4.54. The zero-order valence-corrected chi connectivity index (χ0v) is 11.3. The Bertz CT molecular complexity index is 336. The summed E-state index contributed by atoms with van der Waals surface area (Å²) >= 11 is 0. The third kappa shape index (κ3) is 4.05. The first kappa shape index (κ1) is 14.5. The fourth-order valence-electron chi connectivity index (χ4n) is 1.81. The van der Waals surface area contributed by atoms with Crippen molar-refractivity contribution in [1.29, 1.82) is 0 Å². The molecule has 102 valence electrons. The van der Waals surface area contributed by atoms with E-state index in [1.165, 1.54) is 7.11 Å². The smallest absolute Gasteiger partial charge is 0.307 e. The lowest BCUT2D eigenvalue weighted by atomic mass is 10.1. The lowest BCUT2D eigenvalue weighted by Crippen LogP contribution is -2.39. The molecule has 0 aromatic carbocycles. The molecule has 0 aliphatic carbocycles. The van der Waals surface area contributed by atoms with Crippen molar-refractivity contribution >= 4 is 11.9 Å². The Balaban J connectivity index is 2.63. The summed E-state index contributed by atoms with van der Waals surface area (Å²) < 4.78 is 9.77.